The second kappa shape index (κ2) is 6.05. The van der Waals surface area contributed by atoms with Gasteiger partial charge in [-0.3, -0.25) is 4.79 Å². The molecule has 4 heteroatoms. The van der Waals surface area contributed by atoms with Crippen molar-refractivity contribution < 1.29 is 9.21 Å². The summed E-state index contributed by atoms with van der Waals surface area (Å²) < 4.78 is 5.41. The predicted octanol–water partition coefficient (Wildman–Crippen LogP) is 2.29. The van der Waals surface area contributed by atoms with E-state index in [0.717, 1.165) is 49.8 Å². The summed E-state index contributed by atoms with van der Waals surface area (Å²) in [6.45, 7) is 2.10. The number of nitrogens with two attached hydrogens (primary N) is 1. The predicted molar refractivity (Wildman–Crippen MR) is 70.0 cm³/mol. The fourth-order valence-electron chi connectivity index (χ4n) is 2.47. The van der Waals surface area contributed by atoms with Gasteiger partial charge in [0.1, 0.15) is 5.76 Å². The molecule has 0 aliphatic heterocycles. The van der Waals surface area contributed by atoms with Crippen LogP contribution >= 0.6 is 0 Å². The Morgan fingerprint density at radius 2 is 2.50 bits per heavy atom. The first-order chi connectivity index (χ1) is 8.72. The van der Waals surface area contributed by atoms with E-state index in [4.69, 9.17) is 10.2 Å². The average Bonchev–Trinajstić information content (AvgIpc) is 2.85. The standard InChI is InChI=1S/C14H22N2O2/c1-2-3-5-11(15)14(17)16-12-6-4-7-13-10(12)8-9-18-13/h8-9,11-12H,2-7,15H2,1H3,(H,16,17)/t11-,12?/m0/s1. The van der Waals surface area contributed by atoms with Gasteiger partial charge in [-0.25, -0.2) is 0 Å². The van der Waals surface area contributed by atoms with Gasteiger partial charge in [-0.1, -0.05) is 19.8 Å². The monoisotopic (exact) mass is 250 g/mol. The van der Waals surface area contributed by atoms with Crippen molar-refractivity contribution in [1.82, 2.24) is 5.32 Å². The number of rotatable bonds is 5. The quantitative estimate of drug-likeness (QED) is 0.842. The van der Waals surface area contributed by atoms with Crippen LogP contribution in [0.2, 0.25) is 0 Å². The van der Waals surface area contributed by atoms with Gasteiger partial charge in [0.2, 0.25) is 5.91 Å². The Hall–Kier alpha value is -1.29. The van der Waals surface area contributed by atoms with Crippen molar-refractivity contribution in [2.45, 2.75) is 57.5 Å². The molecule has 1 aliphatic rings. The molecule has 0 saturated heterocycles. The van der Waals surface area contributed by atoms with E-state index >= 15 is 0 Å². The first-order valence-electron chi connectivity index (χ1n) is 6.84. The van der Waals surface area contributed by atoms with Gasteiger partial charge in [0.15, 0.2) is 0 Å². The van der Waals surface area contributed by atoms with Crippen molar-refractivity contribution in [2.75, 3.05) is 0 Å². The van der Waals surface area contributed by atoms with Gasteiger partial charge < -0.3 is 15.5 Å². The summed E-state index contributed by atoms with van der Waals surface area (Å²) >= 11 is 0. The molecule has 0 spiro atoms. The minimum Gasteiger partial charge on any atom is -0.469 e. The molecule has 1 heterocycles. The van der Waals surface area contributed by atoms with Crippen LogP contribution in [0.4, 0.5) is 0 Å². The molecule has 4 nitrogen and oxygen atoms in total. The zero-order valence-electron chi connectivity index (χ0n) is 10.9. The maximum Gasteiger partial charge on any atom is 0.237 e. The highest BCUT2D eigenvalue weighted by Gasteiger charge is 2.25. The van der Waals surface area contributed by atoms with E-state index in [1.54, 1.807) is 6.26 Å². The van der Waals surface area contributed by atoms with E-state index in [0.29, 0.717) is 0 Å². The number of furan rings is 1. The molecule has 0 saturated carbocycles. The van der Waals surface area contributed by atoms with E-state index in [-0.39, 0.29) is 18.0 Å². The molecule has 100 valence electrons. The van der Waals surface area contributed by atoms with Crippen molar-refractivity contribution in [1.29, 1.82) is 0 Å². The van der Waals surface area contributed by atoms with Crippen LogP contribution < -0.4 is 11.1 Å². The van der Waals surface area contributed by atoms with Gasteiger partial charge in [-0.15, -0.1) is 0 Å². The molecule has 1 aromatic rings. The Balaban J connectivity index is 1.93. The molecule has 1 aromatic heterocycles. The van der Waals surface area contributed by atoms with E-state index in [1.807, 2.05) is 6.07 Å². The third-order valence-corrected chi connectivity index (χ3v) is 3.57. The Bertz CT molecular complexity index is 400. The molecule has 1 aliphatic carbocycles. The van der Waals surface area contributed by atoms with Crippen LogP contribution in [0.15, 0.2) is 16.7 Å². The molecule has 0 fully saturated rings. The highest BCUT2D eigenvalue weighted by atomic mass is 16.3. The number of nitrogens with one attached hydrogen (secondary N) is 1. The molecule has 1 unspecified atom stereocenters. The van der Waals surface area contributed by atoms with E-state index in [2.05, 4.69) is 12.2 Å². The van der Waals surface area contributed by atoms with E-state index in [1.165, 1.54) is 0 Å². The number of carbonyl (C=O) groups excluding carboxylic acids is 1. The highest BCUT2D eigenvalue weighted by Crippen LogP contribution is 2.30. The van der Waals surface area contributed by atoms with Crippen LogP contribution in [0.5, 0.6) is 0 Å². The molecule has 0 radical (unpaired) electrons. The van der Waals surface area contributed by atoms with Gasteiger partial charge in [-0.05, 0) is 25.3 Å². The first-order valence-corrected chi connectivity index (χ1v) is 6.84. The van der Waals surface area contributed by atoms with Crippen LogP contribution in [0, 0.1) is 0 Å². The Labute approximate surface area is 108 Å². The fourth-order valence-corrected chi connectivity index (χ4v) is 2.47. The summed E-state index contributed by atoms with van der Waals surface area (Å²) in [6, 6.07) is 1.65. The number of hydrogen-bond donors (Lipinski definition) is 2. The Morgan fingerprint density at radius 1 is 1.67 bits per heavy atom. The number of unbranched alkanes of at least 4 members (excludes halogenated alkanes) is 1. The molecule has 18 heavy (non-hydrogen) atoms. The average molecular weight is 250 g/mol. The largest absolute Gasteiger partial charge is 0.469 e. The molecular weight excluding hydrogens is 228 g/mol. The van der Waals surface area contributed by atoms with Gasteiger partial charge in [-0.2, -0.15) is 0 Å². The Kier molecular flexibility index (Phi) is 4.42. The molecular formula is C14H22N2O2. The van der Waals surface area contributed by atoms with Crippen LogP contribution in [0.1, 0.15) is 56.4 Å². The van der Waals surface area contributed by atoms with Crippen molar-refractivity contribution in [3.05, 3.63) is 23.7 Å². The zero-order valence-corrected chi connectivity index (χ0v) is 10.9. The molecule has 0 aromatic carbocycles. The lowest BCUT2D eigenvalue weighted by atomic mass is 9.93. The first kappa shape index (κ1) is 13.1. The summed E-state index contributed by atoms with van der Waals surface area (Å²) in [4.78, 5) is 12.0. The lowest BCUT2D eigenvalue weighted by Crippen LogP contribution is -2.42. The Morgan fingerprint density at radius 3 is 3.28 bits per heavy atom. The fraction of sp³-hybridized carbons (Fsp3) is 0.643. The van der Waals surface area contributed by atoms with Gasteiger partial charge >= 0.3 is 0 Å². The second-order valence-electron chi connectivity index (χ2n) is 5.00. The van der Waals surface area contributed by atoms with Crippen LogP contribution in [-0.2, 0) is 11.2 Å². The third-order valence-electron chi connectivity index (χ3n) is 3.57. The molecule has 1 amide bonds. The minimum atomic E-state index is -0.387. The van der Waals surface area contributed by atoms with Crippen molar-refractivity contribution in [3.63, 3.8) is 0 Å². The van der Waals surface area contributed by atoms with Crippen molar-refractivity contribution >= 4 is 5.91 Å². The smallest absolute Gasteiger partial charge is 0.237 e. The van der Waals surface area contributed by atoms with Crippen molar-refractivity contribution in [2.24, 2.45) is 5.73 Å². The van der Waals surface area contributed by atoms with Gasteiger partial charge in [0, 0.05) is 12.0 Å². The maximum atomic E-state index is 12.0. The topological polar surface area (TPSA) is 68.3 Å². The highest BCUT2D eigenvalue weighted by molar-refractivity contribution is 5.81. The molecule has 2 atom stereocenters. The van der Waals surface area contributed by atoms with Gasteiger partial charge in [0.25, 0.3) is 0 Å². The molecule has 2 rings (SSSR count). The second-order valence-corrected chi connectivity index (χ2v) is 5.00. The maximum absolute atomic E-state index is 12.0. The molecule has 0 bridgehead atoms. The van der Waals surface area contributed by atoms with Crippen LogP contribution in [0.25, 0.3) is 0 Å². The summed E-state index contributed by atoms with van der Waals surface area (Å²) in [5, 5.41) is 3.05. The van der Waals surface area contributed by atoms with Crippen LogP contribution in [0.3, 0.4) is 0 Å². The summed E-state index contributed by atoms with van der Waals surface area (Å²) in [6.07, 6.45) is 7.51. The zero-order chi connectivity index (χ0) is 13.0. The lowest BCUT2D eigenvalue weighted by molar-refractivity contribution is -0.123. The number of fused-ring (bicyclic) bond motifs is 1. The van der Waals surface area contributed by atoms with Crippen LogP contribution in [-0.4, -0.2) is 11.9 Å². The summed E-state index contributed by atoms with van der Waals surface area (Å²) in [7, 11) is 0. The number of carbonyl (C=O) groups is 1. The lowest BCUT2D eigenvalue weighted by Gasteiger charge is -2.24. The minimum absolute atomic E-state index is 0.0394. The van der Waals surface area contributed by atoms with Gasteiger partial charge in [0.05, 0.1) is 18.3 Å². The van der Waals surface area contributed by atoms with Crippen molar-refractivity contribution in [3.8, 4) is 0 Å². The van der Waals surface area contributed by atoms with E-state index < -0.39 is 0 Å². The molecule has 3 N–H and O–H groups in total. The van der Waals surface area contributed by atoms with E-state index in [9.17, 15) is 4.79 Å². The summed E-state index contributed by atoms with van der Waals surface area (Å²) in [5.41, 5.74) is 7.00. The number of hydrogen-bond acceptors (Lipinski definition) is 3. The third kappa shape index (κ3) is 2.93. The number of aryl methyl sites for hydroxylation is 1. The summed E-state index contributed by atoms with van der Waals surface area (Å²) in [5.74, 6) is 0.969. The SMILES string of the molecule is CCCC[C@H](N)C(=O)NC1CCCc2occc21. The number of amides is 1. The normalized spacial score (nSPS) is 20.2.